The molecule has 24 heavy (non-hydrogen) atoms. The summed E-state index contributed by atoms with van der Waals surface area (Å²) in [6.07, 6.45) is 3.46. The highest BCUT2D eigenvalue weighted by molar-refractivity contribution is 7.92. The summed E-state index contributed by atoms with van der Waals surface area (Å²) in [6, 6.07) is 5.20. The summed E-state index contributed by atoms with van der Waals surface area (Å²) >= 11 is 0. The maximum atomic E-state index is 11.5. The standard InChI is InChI=1S/C14H19N7O2S/c1-2-24(22,23)19-12-4-5-13(18-17-12)20-8-10-21(11-9-20)14-15-6-3-7-16-14/h3-7H,2,8-11H2,1H3,(H,17,19). The van der Waals surface area contributed by atoms with Gasteiger partial charge in [0.25, 0.3) is 0 Å². The van der Waals surface area contributed by atoms with Crippen molar-refractivity contribution in [2.24, 2.45) is 0 Å². The Bertz CT molecular complexity index is 759. The summed E-state index contributed by atoms with van der Waals surface area (Å²) in [5.74, 6) is 1.69. The molecule has 0 radical (unpaired) electrons. The number of sulfonamides is 1. The second kappa shape index (κ2) is 6.95. The average Bonchev–Trinajstić information content (AvgIpc) is 2.63. The molecule has 2 aromatic rings. The molecule has 0 bridgehead atoms. The maximum Gasteiger partial charge on any atom is 0.233 e. The molecule has 0 unspecified atom stereocenters. The molecule has 0 saturated carbocycles. The fourth-order valence-electron chi connectivity index (χ4n) is 2.37. The van der Waals surface area contributed by atoms with Gasteiger partial charge < -0.3 is 9.80 Å². The number of piperazine rings is 1. The Morgan fingerprint density at radius 3 is 2.29 bits per heavy atom. The molecule has 0 spiro atoms. The molecule has 0 aromatic carbocycles. The van der Waals surface area contributed by atoms with Gasteiger partial charge in [-0.15, -0.1) is 10.2 Å². The van der Waals surface area contributed by atoms with Crippen LogP contribution in [-0.2, 0) is 10.0 Å². The quantitative estimate of drug-likeness (QED) is 0.825. The molecule has 1 fully saturated rings. The fraction of sp³-hybridized carbons (Fsp3) is 0.429. The molecular weight excluding hydrogens is 330 g/mol. The van der Waals surface area contributed by atoms with Crippen LogP contribution in [0.15, 0.2) is 30.6 Å². The number of nitrogens with zero attached hydrogens (tertiary/aromatic N) is 6. The van der Waals surface area contributed by atoms with Crippen LogP contribution in [0.1, 0.15) is 6.92 Å². The molecule has 1 aliphatic heterocycles. The largest absolute Gasteiger partial charge is 0.352 e. The van der Waals surface area contributed by atoms with E-state index in [1.54, 1.807) is 37.5 Å². The number of hydrogen-bond acceptors (Lipinski definition) is 8. The summed E-state index contributed by atoms with van der Waals surface area (Å²) in [5.41, 5.74) is 0. The molecule has 10 heteroatoms. The van der Waals surface area contributed by atoms with Gasteiger partial charge in [0.05, 0.1) is 5.75 Å². The lowest BCUT2D eigenvalue weighted by atomic mass is 10.3. The predicted octanol–water partition coefficient (Wildman–Crippen LogP) is 0.355. The van der Waals surface area contributed by atoms with Gasteiger partial charge in [-0.25, -0.2) is 18.4 Å². The summed E-state index contributed by atoms with van der Waals surface area (Å²) in [5, 5.41) is 8.06. The highest BCUT2D eigenvalue weighted by Crippen LogP contribution is 2.16. The van der Waals surface area contributed by atoms with Crippen LogP contribution < -0.4 is 14.5 Å². The first kappa shape index (κ1) is 16.4. The third-order valence-corrected chi connectivity index (χ3v) is 5.01. The zero-order chi connectivity index (χ0) is 17.0. The van der Waals surface area contributed by atoms with E-state index in [9.17, 15) is 8.42 Å². The van der Waals surface area contributed by atoms with Crippen LogP contribution in [0.2, 0.25) is 0 Å². The summed E-state index contributed by atoms with van der Waals surface area (Å²) in [7, 11) is -3.33. The van der Waals surface area contributed by atoms with E-state index in [4.69, 9.17) is 0 Å². The maximum absolute atomic E-state index is 11.5. The second-order valence-electron chi connectivity index (χ2n) is 5.31. The van der Waals surface area contributed by atoms with E-state index in [1.807, 2.05) is 0 Å². The van der Waals surface area contributed by atoms with Gasteiger partial charge in [-0.3, -0.25) is 4.72 Å². The highest BCUT2D eigenvalue weighted by atomic mass is 32.2. The van der Waals surface area contributed by atoms with Crippen LogP contribution in [0.3, 0.4) is 0 Å². The molecule has 1 aliphatic rings. The highest BCUT2D eigenvalue weighted by Gasteiger charge is 2.20. The monoisotopic (exact) mass is 349 g/mol. The van der Waals surface area contributed by atoms with Crippen molar-refractivity contribution in [1.29, 1.82) is 0 Å². The average molecular weight is 349 g/mol. The van der Waals surface area contributed by atoms with Crippen molar-refractivity contribution in [3.63, 3.8) is 0 Å². The van der Waals surface area contributed by atoms with Crippen molar-refractivity contribution in [2.75, 3.05) is 46.5 Å². The van der Waals surface area contributed by atoms with E-state index in [0.29, 0.717) is 0 Å². The number of hydrogen-bond donors (Lipinski definition) is 1. The minimum absolute atomic E-state index is 0.0000515. The second-order valence-corrected chi connectivity index (χ2v) is 7.32. The van der Waals surface area contributed by atoms with Gasteiger partial charge in [0.2, 0.25) is 16.0 Å². The number of nitrogens with one attached hydrogen (secondary N) is 1. The first-order chi connectivity index (χ1) is 11.6. The van der Waals surface area contributed by atoms with Gasteiger partial charge in [-0.1, -0.05) is 0 Å². The van der Waals surface area contributed by atoms with Crippen molar-refractivity contribution < 1.29 is 8.42 Å². The molecule has 1 N–H and O–H groups in total. The van der Waals surface area contributed by atoms with Gasteiger partial charge in [-0.05, 0) is 25.1 Å². The SMILES string of the molecule is CCS(=O)(=O)Nc1ccc(N2CCN(c3ncccn3)CC2)nn1. The van der Waals surface area contributed by atoms with Crippen LogP contribution in [-0.4, -0.2) is 60.5 Å². The number of rotatable bonds is 5. The molecule has 3 rings (SSSR count). The lowest BCUT2D eigenvalue weighted by Gasteiger charge is -2.35. The molecule has 1 saturated heterocycles. The Hall–Kier alpha value is -2.49. The van der Waals surface area contributed by atoms with Gasteiger partial charge in [0, 0.05) is 38.6 Å². The van der Waals surface area contributed by atoms with Crippen molar-refractivity contribution in [1.82, 2.24) is 20.2 Å². The van der Waals surface area contributed by atoms with Crippen LogP contribution >= 0.6 is 0 Å². The smallest absolute Gasteiger partial charge is 0.233 e. The molecule has 0 amide bonds. The third kappa shape index (κ3) is 3.88. The molecule has 9 nitrogen and oxygen atoms in total. The summed E-state index contributed by atoms with van der Waals surface area (Å²) in [6.45, 7) is 4.69. The molecule has 3 heterocycles. The fourth-order valence-corrected chi connectivity index (χ4v) is 2.94. The van der Waals surface area contributed by atoms with Crippen LogP contribution in [0.25, 0.3) is 0 Å². The number of anilines is 3. The molecular formula is C14H19N7O2S. The lowest BCUT2D eigenvalue weighted by Crippen LogP contribution is -2.47. The first-order valence-electron chi connectivity index (χ1n) is 7.68. The number of aromatic nitrogens is 4. The normalized spacial score (nSPS) is 15.4. The lowest BCUT2D eigenvalue weighted by molar-refractivity contribution is 0.602. The third-order valence-electron chi connectivity index (χ3n) is 3.73. The van der Waals surface area contributed by atoms with Crippen LogP contribution in [0.4, 0.5) is 17.6 Å². The van der Waals surface area contributed by atoms with Crippen molar-refractivity contribution in [2.45, 2.75) is 6.92 Å². The zero-order valence-corrected chi connectivity index (χ0v) is 14.1. The minimum atomic E-state index is -3.33. The predicted molar refractivity (Wildman–Crippen MR) is 91.6 cm³/mol. The molecule has 2 aromatic heterocycles. The Morgan fingerprint density at radius 2 is 1.71 bits per heavy atom. The van der Waals surface area contributed by atoms with Crippen LogP contribution in [0, 0.1) is 0 Å². The Kier molecular flexibility index (Phi) is 4.74. The van der Waals surface area contributed by atoms with E-state index in [2.05, 4.69) is 34.7 Å². The molecule has 0 atom stereocenters. The Morgan fingerprint density at radius 1 is 1.04 bits per heavy atom. The zero-order valence-electron chi connectivity index (χ0n) is 13.3. The van der Waals surface area contributed by atoms with E-state index >= 15 is 0 Å². The molecule has 128 valence electrons. The van der Waals surface area contributed by atoms with Crippen molar-refractivity contribution in [3.8, 4) is 0 Å². The van der Waals surface area contributed by atoms with E-state index in [1.165, 1.54) is 0 Å². The van der Waals surface area contributed by atoms with Crippen molar-refractivity contribution >= 4 is 27.6 Å². The van der Waals surface area contributed by atoms with Gasteiger partial charge in [0.1, 0.15) is 0 Å². The van der Waals surface area contributed by atoms with Gasteiger partial charge in [0.15, 0.2) is 11.6 Å². The van der Waals surface area contributed by atoms with Gasteiger partial charge >= 0.3 is 0 Å². The first-order valence-corrected chi connectivity index (χ1v) is 9.34. The summed E-state index contributed by atoms with van der Waals surface area (Å²) < 4.78 is 25.4. The van der Waals surface area contributed by atoms with Gasteiger partial charge in [-0.2, -0.15) is 0 Å². The van der Waals surface area contributed by atoms with E-state index < -0.39 is 10.0 Å². The van der Waals surface area contributed by atoms with Crippen LogP contribution in [0.5, 0.6) is 0 Å². The van der Waals surface area contributed by atoms with Crippen molar-refractivity contribution in [3.05, 3.63) is 30.6 Å². The molecule has 0 aliphatic carbocycles. The topological polar surface area (TPSA) is 104 Å². The van der Waals surface area contributed by atoms with E-state index in [-0.39, 0.29) is 11.6 Å². The summed E-state index contributed by atoms with van der Waals surface area (Å²) in [4.78, 5) is 12.7. The Balaban J connectivity index is 1.60. The minimum Gasteiger partial charge on any atom is -0.352 e. The van der Waals surface area contributed by atoms with E-state index in [0.717, 1.165) is 37.9 Å². The Labute approximate surface area is 140 Å².